The lowest BCUT2D eigenvalue weighted by Crippen LogP contribution is -2.43. The van der Waals surface area contributed by atoms with E-state index in [1.54, 1.807) is 4.90 Å². The molecular formula is C22H30N5O3P. The molecule has 9 heteroatoms. The second-order valence-electron chi connectivity index (χ2n) is 8.78. The number of rotatable bonds is 5. The van der Waals surface area contributed by atoms with Crippen molar-refractivity contribution < 1.29 is 9.53 Å². The average molecular weight is 443 g/mol. The van der Waals surface area contributed by atoms with Gasteiger partial charge >= 0.3 is 6.09 Å². The first-order valence-electron chi connectivity index (χ1n) is 10.3. The summed E-state index contributed by atoms with van der Waals surface area (Å²) in [7, 11) is 3.66. The van der Waals surface area contributed by atoms with Crippen molar-refractivity contribution in [1.29, 1.82) is 0 Å². The average Bonchev–Trinajstić information content (AvgIpc) is 3.16. The van der Waals surface area contributed by atoms with Gasteiger partial charge in [-0.1, -0.05) is 29.8 Å². The molecule has 8 nitrogen and oxygen atoms in total. The molecule has 4 N–H and O–H groups in total. The molecule has 1 aromatic carbocycles. The van der Waals surface area contributed by atoms with E-state index in [0.717, 1.165) is 24.0 Å². The van der Waals surface area contributed by atoms with Gasteiger partial charge in [0, 0.05) is 18.4 Å². The number of hydrogen-bond acceptors (Lipinski definition) is 6. The molecule has 3 rings (SSSR count). The van der Waals surface area contributed by atoms with Gasteiger partial charge in [0.1, 0.15) is 11.3 Å². The highest BCUT2D eigenvalue weighted by atomic mass is 31.0. The first kappa shape index (κ1) is 22.8. The number of benzene rings is 1. The molecule has 0 spiro atoms. The Morgan fingerprint density at radius 2 is 2.03 bits per heavy atom. The minimum absolute atomic E-state index is 0.0889. The number of aromatic nitrogens is 2. The molecule has 2 aromatic rings. The Hall–Kier alpha value is -2.86. The number of nitrogens with zero attached hydrogens (tertiary/aromatic N) is 2. The van der Waals surface area contributed by atoms with Crippen molar-refractivity contribution in [1.82, 2.24) is 15.1 Å². The molecule has 1 amide bonds. The molecule has 0 radical (unpaired) electrons. The lowest BCUT2D eigenvalue weighted by atomic mass is 10.0. The van der Waals surface area contributed by atoms with Gasteiger partial charge in [-0.15, -0.1) is 8.86 Å². The minimum Gasteiger partial charge on any atom is -0.444 e. The van der Waals surface area contributed by atoms with Crippen molar-refractivity contribution in [2.24, 2.45) is 0 Å². The first-order chi connectivity index (χ1) is 14.6. The number of nitrogen functional groups attached to an aromatic ring is 1. The van der Waals surface area contributed by atoms with Crippen LogP contribution in [0.4, 0.5) is 16.3 Å². The number of amides is 1. The molecule has 1 saturated heterocycles. The van der Waals surface area contributed by atoms with Crippen LogP contribution in [-0.4, -0.2) is 51.2 Å². The first-order valence-corrected chi connectivity index (χ1v) is 10.8. The fourth-order valence-electron chi connectivity index (χ4n) is 3.58. The van der Waals surface area contributed by atoms with Crippen molar-refractivity contribution in [3.8, 4) is 0 Å². The van der Waals surface area contributed by atoms with Gasteiger partial charge in [0.05, 0.1) is 11.6 Å². The smallest absolute Gasteiger partial charge is 0.410 e. The Morgan fingerprint density at radius 1 is 1.35 bits per heavy atom. The predicted molar refractivity (Wildman–Crippen MR) is 126 cm³/mol. The summed E-state index contributed by atoms with van der Waals surface area (Å²) in [5, 5.41) is 10.2. The molecule has 0 unspecified atom stereocenters. The molecule has 166 valence electrons. The fraction of sp³-hybridized carbons (Fsp3) is 0.455. The Bertz CT molecular complexity index is 1030. The van der Waals surface area contributed by atoms with E-state index in [1.165, 1.54) is 0 Å². The van der Waals surface area contributed by atoms with Gasteiger partial charge in [0.25, 0.3) is 5.56 Å². The Morgan fingerprint density at radius 3 is 2.68 bits per heavy atom. The summed E-state index contributed by atoms with van der Waals surface area (Å²) < 4.78 is 5.53. The molecule has 1 fully saturated rings. The van der Waals surface area contributed by atoms with Crippen molar-refractivity contribution in [2.75, 3.05) is 24.1 Å². The van der Waals surface area contributed by atoms with E-state index >= 15 is 0 Å². The summed E-state index contributed by atoms with van der Waals surface area (Å²) in [6, 6.07) is 7.77. The third kappa shape index (κ3) is 5.44. The molecule has 1 aliphatic heterocycles. The van der Waals surface area contributed by atoms with E-state index in [-0.39, 0.29) is 23.5 Å². The van der Waals surface area contributed by atoms with Crippen LogP contribution in [0.15, 0.2) is 29.1 Å². The summed E-state index contributed by atoms with van der Waals surface area (Å²) in [6.45, 7) is 8.56. The second-order valence-corrected chi connectivity index (χ2v) is 9.28. The van der Waals surface area contributed by atoms with E-state index in [1.807, 2.05) is 52.0 Å². The van der Waals surface area contributed by atoms with E-state index in [0.29, 0.717) is 29.6 Å². The number of nitrogens with one attached hydrogen (secondary N) is 2. The third-order valence-electron chi connectivity index (χ3n) is 5.12. The maximum Gasteiger partial charge on any atom is 0.410 e. The van der Waals surface area contributed by atoms with Gasteiger partial charge in [-0.2, -0.15) is 5.10 Å². The van der Waals surface area contributed by atoms with Gasteiger partial charge in [-0.25, -0.2) is 9.89 Å². The quantitative estimate of drug-likeness (QED) is 0.612. The zero-order valence-corrected chi connectivity index (χ0v) is 19.4. The van der Waals surface area contributed by atoms with Crippen molar-refractivity contribution in [2.45, 2.75) is 52.2 Å². The van der Waals surface area contributed by atoms with Crippen LogP contribution in [0.1, 0.15) is 50.3 Å². The van der Waals surface area contributed by atoms with Crippen molar-refractivity contribution in [3.05, 3.63) is 51.3 Å². The van der Waals surface area contributed by atoms with Crippen LogP contribution in [0.25, 0.3) is 0 Å². The minimum atomic E-state index is -0.560. The number of hydrogen-bond donors (Lipinski definition) is 3. The predicted octanol–water partition coefficient (Wildman–Crippen LogP) is 3.18. The molecule has 31 heavy (non-hydrogen) atoms. The SMILES string of the molecule is Cc1ccc(C(=P)c2c(N)n[nH]c(=O)c2NC[C@@H]2CCCN2C(=O)OC(C)(C)C)cc1. The second kappa shape index (κ2) is 9.10. The van der Waals surface area contributed by atoms with Crippen LogP contribution in [0.3, 0.4) is 0 Å². The normalized spacial score (nSPS) is 16.3. The number of H-pyrrole nitrogens is 1. The molecule has 2 heterocycles. The van der Waals surface area contributed by atoms with Gasteiger partial charge in [-0.3, -0.25) is 4.79 Å². The Labute approximate surface area is 184 Å². The fourth-order valence-corrected chi connectivity index (χ4v) is 4.00. The van der Waals surface area contributed by atoms with Crippen molar-refractivity contribution >= 4 is 31.8 Å². The van der Waals surface area contributed by atoms with Gasteiger partial charge in [0.2, 0.25) is 0 Å². The number of carbonyl (C=O) groups is 1. The maximum atomic E-state index is 12.6. The summed E-state index contributed by atoms with van der Waals surface area (Å²) in [5.41, 5.74) is 8.00. The number of nitrogens with two attached hydrogens (primary N) is 1. The summed E-state index contributed by atoms with van der Waals surface area (Å²) in [6.07, 6.45) is 1.36. The molecular weight excluding hydrogens is 413 g/mol. The Kier molecular flexibility index (Phi) is 6.70. The molecule has 0 aliphatic carbocycles. The summed E-state index contributed by atoms with van der Waals surface area (Å²) in [4.78, 5) is 26.9. The highest BCUT2D eigenvalue weighted by Gasteiger charge is 2.32. The number of aryl methyl sites for hydroxylation is 1. The van der Waals surface area contributed by atoms with E-state index < -0.39 is 5.60 Å². The van der Waals surface area contributed by atoms with Crippen LogP contribution in [0.2, 0.25) is 0 Å². The number of anilines is 2. The molecule has 0 bridgehead atoms. The van der Waals surface area contributed by atoms with Crippen LogP contribution in [-0.2, 0) is 4.74 Å². The lowest BCUT2D eigenvalue weighted by molar-refractivity contribution is 0.0235. The van der Waals surface area contributed by atoms with Crippen molar-refractivity contribution in [3.63, 3.8) is 0 Å². The third-order valence-corrected chi connectivity index (χ3v) is 5.66. The van der Waals surface area contributed by atoms with Gasteiger partial charge < -0.3 is 20.7 Å². The van der Waals surface area contributed by atoms with E-state index in [9.17, 15) is 9.59 Å². The van der Waals surface area contributed by atoms with Crippen LogP contribution < -0.4 is 16.6 Å². The summed E-state index contributed by atoms with van der Waals surface area (Å²) in [5.74, 6) is 0.197. The molecule has 1 atom stereocenters. The zero-order valence-electron chi connectivity index (χ0n) is 18.4. The zero-order chi connectivity index (χ0) is 22.8. The van der Waals surface area contributed by atoms with E-state index in [2.05, 4.69) is 24.4 Å². The number of carbonyl (C=O) groups excluding carboxylic acids is 1. The maximum absolute atomic E-state index is 12.6. The summed E-state index contributed by atoms with van der Waals surface area (Å²) >= 11 is 0. The molecule has 0 saturated carbocycles. The van der Waals surface area contributed by atoms with Crippen LogP contribution >= 0.6 is 8.86 Å². The number of likely N-dealkylation sites (tertiary alicyclic amines) is 1. The monoisotopic (exact) mass is 443 g/mol. The standard InChI is InChI=1S/C22H30N5O3P/c1-13-7-9-14(10-8-13)18(31)16-17(20(28)26-25-19(16)23)24-12-15-6-5-11-27(15)21(29)30-22(2,3)4/h7-10,15,31H,5-6,11-12H2,1-4H3,(H,26,28)(H3,23,24,25)/t15-/m0/s1. The molecule has 1 aromatic heterocycles. The number of ether oxygens (including phenoxy) is 1. The van der Waals surface area contributed by atoms with Crippen LogP contribution in [0.5, 0.6) is 0 Å². The number of aromatic amines is 1. The van der Waals surface area contributed by atoms with Gasteiger partial charge in [0.15, 0.2) is 5.82 Å². The highest BCUT2D eigenvalue weighted by molar-refractivity contribution is 7.23. The van der Waals surface area contributed by atoms with E-state index in [4.69, 9.17) is 10.5 Å². The lowest BCUT2D eigenvalue weighted by Gasteiger charge is -2.29. The Balaban J connectivity index is 1.83. The largest absolute Gasteiger partial charge is 0.444 e. The highest BCUT2D eigenvalue weighted by Crippen LogP contribution is 2.25. The topological polar surface area (TPSA) is 113 Å². The van der Waals surface area contributed by atoms with Crippen LogP contribution in [0, 0.1) is 6.92 Å². The molecule has 1 aliphatic rings. The van der Waals surface area contributed by atoms with Gasteiger partial charge in [-0.05, 0) is 46.1 Å².